The Hall–Kier alpha value is -0.670. The largest absolute Gasteiger partial charge is 0.491 e. The molecule has 3 heteroatoms. The van der Waals surface area contributed by atoms with Crippen molar-refractivity contribution in [2.24, 2.45) is 0 Å². The summed E-state index contributed by atoms with van der Waals surface area (Å²) in [6.45, 7) is 5.05. The van der Waals surface area contributed by atoms with Crippen molar-refractivity contribution in [1.29, 1.82) is 0 Å². The van der Waals surface area contributed by atoms with E-state index in [9.17, 15) is 0 Å². The van der Waals surface area contributed by atoms with Crippen molar-refractivity contribution in [3.8, 4) is 5.75 Å². The number of ether oxygens (including phenoxy) is 1. The van der Waals surface area contributed by atoms with Gasteiger partial charge in [0.1, 0.15) is 5.75 Å². The van der Waals surface area contributed by atoms with Crippen molar-refractivity contribution >= 4 is 11.8 Å². The Morgan fingerprint density at radius 2 is 2.24 bits per heavy atom. The van der Waals surface area contributed by atoms with Crippen LogP contribution < -0.4 is 10.1 Å². The molecule has 1 aliphatic rings. The van der Waals surface area contributed by atoms with Gasteiger partial charge in [0, 0.05) is 23.9 Å². The van der Waals surface area contributed by atoms with Gasteiger partial charge < -0.3 is 10.1 Å². The van der Waals surface area contributed by atoms with Crippen molar-refractivity contribution in [2.45, 2.75) is 39.0 Å². The molecule has 0 radical (unpaired) electrons. The first-order valence-corrected chi connectivity index (χ1v) is 7.47. The van der Waals surface area contributed by atoms with Crippen LogP contribution in [-0.2, 0) is 6.54 Å². The number of benzene rings is 1. The highest BCUT2D eigenvalue weighted by atomic mass is 32.2. The van der Waals surface area contributed by atoms with E-state index in [1.54, 1.807) is 0 Å². The molecule has 1 aromatic rings. The van der Waals surface area contributed by atoms with Gasteiger partial charge in [-0.2, -0.15) is 11.8 Å². The fourth-order valence-corrected chi connectivity index (χ4v) is 3.16. The number of hydrogen-bond donors (Lipinski definition) is 1. The van der Waals surface area contributed by atoms with Crippen LogP contribution in [0, 0.1) is 0 Å². The lowest BCUT2D eigenvalue weighted by Crippen LogP contribution is -2.28. The molecule has 94 valence electrons. The lowest BCUT2D eigenvalue weighted by Gasteiger charge is -2.16. The second kappa shape index (κ2) is 6.31. The summed E-state index contributed by atoms with van der Waals surface area (Å²) >= 11 is 2.04. The Bertz CT molecular complexity index is 348. The Morgan fingerprint density at radius 3 is 2.94 bits per heavy atom. The van der Waals surface area contributed by atoms with E-state index in [-0.39, 0.29) is 6.10 Å². The maximum absolute atomic E-state index is 5.82. The number of rotatable bonds is 5. The summed E-state index contributed by atoms with van der Waals surface area (Å²) in [7, 11) is 0. The predicted molar refractivity (Wildman–Crippen MR) is 74.8 cm³/mol. The van der Waals surface area contributed by atoms with Gasteiger partial charge in [-0.3, -0.25) is 0 Å². The van der Waals surface area contributed by atoms with Gasteiger partial charge in [-0.15, -0.1) is 0 Å². The molecule has 0 bridgehead atoms. The maximum Gasteiger partial charge on any atom is 0.124 e. The molecule has 1 fully saturated rings. The summed E-state index contributed by atoms with van der Waals surface area (Å²) in [4.78, 5) is 0. The van der Waals surface area contributed by atoms with Gasteiger partial charge in [0.15, 0.2) is 0 Å². The highest BCUT2D eigenvalue weighted by Gasteiger charge is 2.15. The first-order valence-electron chi connectivity index (χ1n) is 6.31. The molecular formula is C14H21NOS. The normalized spacial score (nSPS) is 19.8. The van der Waals surface area contributed by atoms with E-state index in [1.807, 2.05) is 17.8 Å². The lowest BCUT2D eigenvalue weighted by atomic mass is 10.1. The topological polar surface area (TPSA) is 21.3 Å². The van der Waals surface area contributed by atoms with Gasteiger partial charge in [0.2, 0.25) is 0 Å². The molecule has 17 heavy (non-hydrogen) atoms. The molecule has 1 atom stereocenters. The number of thioether (sulfide) groups is 1. The zero-order valence-electron chi connectivity index (χ0n) is 10.6. The third kappa shape index (κ3) is 3.93. The van der Waals surface area contributed by atoms with E-state index >= 15 is 0 Å². The molecular weight excluding hydrogens is 230 g/mol. The minimum atomic E-state index is 0.234. The van der Waals surface area contributed by atoms with Crippen LogP contribution in [0.25, 0.3) is 0 Å². The molecule has 1 N–H and O–H groups in total. The minimum Gasteiger partial charge on any atom is -0.491 e. The minimum absolute atomic E-state index is 0.234. The SMILES string of the molecule is CC(C)Oc1ccccc1CNC1CCSC1. The fourth-order valence-electron chi connectivity index (χ4n) is 1.97. The first-order chi connectivity index (χ1) is 8.25. The van der Waals surface area contributed by atoms with Gasteiger partial charge in [0.05, 0.1) is 6.10 Å². The summed E-state index contributed by atoms with van der Waals surface area (Å²) in [5.74, 6) is 3.55. The van der Waals surface area contributed by atoms with Crippen molar-refractivity contribution in [2.75, 3.05) is 11.5 Å². The third-order valence-electron chi connectivity index (χ3n) is 2.85. The van der Waals surface area contributed by atoms with E-state index in [0.29, 0.717) is 6.04 Å². The Kier molecular flexibility index (Phi) is 4.75. The van der Waals surface area contributed by atoms with Crippen LogP contribution in [0.15, 0.2) is 24.3 Å². The van der Waals surface area contributed by atoms with E-state index in [2.05, 4.69) is 37.4 Å². The van der Waals surface area contributed by atoms with Gasteiger partial charge in [0.25, 0.3) is 0 Å². The van der Waals surface area contributed by atoms with Crippen LogP contribution in [-0.4, -0.2) is 23.7 Å². The number of para-hydroxylation sites is 1. The monoisotopic (exact) mass is 251 g/mol. The highest BCUT2D eigenvalue weighted by Crippen LogP contribution is 2.21. The summed E-state index contributed by atoms with van der Waals surface area (Å²) < 4.78 is 5.82. The molecule has 0 aliphatic carbocycles. The molecule has 1 heterocycles. The second-order valence-electron chi connectivity index (χ2n) is 4.72. The second-order valence-corrected chi connectivity index (χ2v) is 5.87. The van der Waals surface area contributed by atoms with Crippen molar-refractivity contribution < 1.29 is 4.74 Å². The zero-order chi connectivity index (χ0) is 12.1. The van der Waals surface area contributed by atoms with Crippen molar-refractivity contribution in [3.63, 3.8) is 0 Å². The van der Waals surface area contributed by atoms with Crippen LogP contribution >= 0.6 is 11.8 Å². The molecule has 0 aromatic heterocycles. The molecule has 1 unspecified atom stereocenters. The zero-order valence-corrected chi connectivity index (χ0v) is 11.4. The predicted octanol–water partition coefficient (Wildman–Crippen LogP) is 3.07. The number of hydrogen-bond acceptors (Lipinski definition) is 3. The van der Waals surface area contributed by atoms with Gasteiger partial charge in [-0.05, 0) is 32.1 Å². The Labute approximate surface area is 108 Å². The molecule has 2 nitrogen and oxygen atoms in total. The average molecular weight is 251 g/mol. The van der Waals surface area contributed by atoms with Gasteiger partial charge in [-0.25, -0.2) is 0 Å². The van der Waals surface area contributed by atoms with E-state index < -0.39 is 0 Å². The molecule has 0 amide bonds. The molecule has 1 aromatic carbocycles. The van der Waals surface area contributed by atoms with Crippen LogP contribution in [0.1, 0.15) is 25.8 Å². The number of nitrogens with one attached hydrogen (secondary N) is 1. The van der Waals surface area contributed by atoms with Crippen LogP contribution in [0.5, 0.6) is 5.75 Å². The summed E-state index contributed by atoms with van der Waals surface area (Å²) in [5.41, 5.74) is 1.26. The Balaban J connectivity index is 1.94. The van der Waals surface area contributed by atoms with Gasteiger partial charge in [-0.1, -0.05) is 18.2 Å². The molecule has 0 spiro atoms. The van der Waals surface area contributed by atoms with E-state index in [4.69, 9.17) is 4.74 Å². The smallest absolute Gasteiger partial charge is 0.124 e. The van der Waals surface area contributed by atoms with Crippen LogP contribution in [0.2, 0.25) is 0 Å². The molecule has 0 saturated carbocycles. The quantitative estimate of drug-likeness (QED) is 0.869. The summed E-state index contributed by atoms with van der Waals surface area (Å²) in [6.07, 6.45) is 1.52. The van der Waals surface area contributed by atoms with E-state index in [0.717, 1.165) is 12.3 Å². The molecule has 1 saturated heterocycles. The average Bonchev–Trinajstić information content (AvgIpc) is 2.80. The van der Waals surface area contributed by atoms with Crippen molar-refractivity contribution in [1.82, 2.24) is 5.32 Å². The third-order valence-corrected chi connectivity index (χ3v) is 4.01. The van der Waals surface area contributed by atoms with Crippen LogP contribution in [0.4, 0.5) is 0 Å². The van der Waals surface area contributed by atoms with Crippen LogP contribution in [0.3, 0.4) is 0 Å². The fraction of sp³-hybridized carbons (Fsp3) is 0.571. The standard InChI is InChI=1S/C14H21NOS/c1-11(2)16-14-6-4-3-5-12(14)9-15-13-7-8-17-10-13/h3-6,11,13,15H,7-10H2,1-2H3. The molecule has 1 aliphatic heterocycles. The summed E-state index contributed by atoms with van der Waals surface area (Å²) in [6, 6.07) is 8.99. The first kappa shape index (κ1) is 12.8. The van der Waals surface area contributed by atoms with E-state index in [1.165, 1.54) is 23.5 Å². The molecule has 2 rings (SSSR count). The highest BCUT2D eigenvalue weighted by molar-refractivity contribution is 7.99. The lowest BCUT2D eigenvalue weighted by molar-refractivity contribution is 0.239. The van der Waals surface area contributed by atoms with Gasteiger partial charge >= 0.3 is 0 Å². The Morgan fingerprint density at radius 1 is 1.41 bits per heavy atom. The maximum atomic E-state index is 5.82. The van der Waals surface area contributed by atoms with Crippen molar-refractivity contribution in [3.05, 3.63) is 29.8 Å². The summed E-state index contributed by atoms with van der Waals surface area (Å²) in [5, 5.41) is 3.61.